The van der Waals surface area contributed by atoms with E-state index in [-0.39, 0.29) is 17.1 Å². The summed E-state index contributed by atoms with van der Waals surface area (Å²) in [4.78, 5) is 25.8. The average molecular weight is 335 g/mol. The second-order valence-corrected chi connectivity index (χ2v) is 6.34. The smallest absolute Gasteiger partial charge is 0.415 e. The Morgan fingerprint density at radius 3 is 2.40 bits per heavy atom. The minimum absolute atomic E-state index is 0.180. The first-order valence-corrected chi connectivity index (χ1v) is 8.40. The summed E-state index contributed by atoms with van der Waals surface area (Å²) < 4.78 is 6.76. The summed E-state index contributed by atoms with van der Waals surface area (Å²) in [5.41, 5.74) is 1.72. The molecule has 3 aromatic rings. The number of nitrogens with zero attached hydrogens (tertiary/aromatic N) is 2. The SMILES string of the molecule is O=C(OCc1ccccc1)[N+]1(C(=O)n2ccc3ccccc32)CCC1. The molecule has 5 heteroatoms. The zero-order valence-corrected chi connectivity index (χ0v) is 13.8. The fraction of sp³-hybridized carbons (Fsp3) is 0.200. The van der Waals surface area contributed by atoms with E-state index in [0.29, 0.717) is 13.1 Å². The molecule has 0 saturated carbocycles. The molecule has 1 fully saturated rings. The molecular formula is C20H19N2O3+. The second kappa shape index (κ2) is 6.18. The highest BCUT2D eigenvalue weighted by atomic mass is 16.6. The van der Waals surface area contributed by atoms with Gasteiger partial charge in [0.05, 0.1) is 5.52 Å². The maximum Gasteiger partial charge on any atom is 0.525 e. The number of ether oxygens (including phenoxy) is 1. The lowest BCUT2D eigenvalue weighted by Crippen LogP contribution is -2.66. The summed E-state index contributed by atoms with van der Waals surface area (Å²) in [5, 5.41) is 0.979. The molecule has 1 aliphatic heterocycles. The molecule has 1 aliphatic rings. The minimum atomic E-state index is -0.474. The summed E-state index contributed by atoms with van der Waals surface area (Å²) in [6.45, 7) is 1.15. The highest BCUT2D eigenvalue weighted by molar-refractivity contribution is 5.92. The van der Waals surface area contributed by atoms with Crippen molar-refractivity contribution >= 4 is 23.0 Å². The van der Waals surface area contributed by atoms with Crippen LogP contribution in [0.25, 0.3) is 10.9 Å². The largest absolute Gasteiger partial charge is 0.525 e. The van der Waals surface area contributed by atoms with Crippen LogP contribution in [0.15, 0.2) is 66.9 Å². The topological polar surface area (TPSA) is 48.3 Å². The zero-order valence-electron chi connectivity index (χ0n) is 13.8. The zero-order chi connectivity index (χ0) is 17.3. The van der Waals surface area contributed by atoms with Gasteiger partial charge in [-0.15, -0.1) is 4.48 Å². The van der Waals surface area contributed by atoms with Crippen molar-refractivity contribution in [3.05, 3.63) is 72.4 Å². The van der Waals surface area contributed by atoms with Gasteiger partial charge < -0.3 is 4.74 Å². The third-order valence-corrected chi connectivity index (χ3v) is 4.81. The summed E-state index contributed by atoms with van der Waals surface area (Å²) in [6, 6.07) is 18.8. The number of hydrogen-bond acceptors (Lipinski definition) is 3. The normalized spacial score (nSPS) is 15.5. The molecular weight excluding hydrogens is 316 g/mol. The number of aromatic nitrogens is 1. The summed E-state index contributed by atoms with van der Waals surface area (Å²) in [5.74, 6) is 0. The Labute approximate surface area is 145 Å². The van der Waals surface area contributed by atoms with Crippen LogP contribution in [-0.4, -0.2) is 34.3 Å². The standard InChI is InChI=1S/C20H19N2O3/c23-19(21-12-11-17-9-4-5-10-18(17)21)22(13-6-14-22)20(24)25-15-16-7-2-1-3-8-16/h1-5,7-12H,6,13-15H2/q+1. The Morgan fingerprint density at radius 1 is 0.960 bits per heavy atom. The molecule has 0 unspecified atom stereocenters. The molecule has 0 aliphatic carbocycles. The average Bonchev–Trinajstić information content (AvgIpc) is 3.04. The van der Waals surface area contributed by atoms with Crippen molar-refractivity contribution in [3.8, 4) is 0 Å². The van der Waals surface area contributed by atoms with E-state index < -0.39 is 6.09 Å². The van der Waals surface area contributed by atoms with Crippen molar-refractivity contribution in [2.24, 2.45) is 0 Å². The van der Waals surface area contributed by atoms with Gasteiger partial charge in [0.15, 0.2) is 0 Å². The van der Waals surface area contributed by atoms with Gasteiger partial charge in [0.2, 0.25) is 0 Å². The number of carbonyl (C=O) groups excluding carboxylic acids is 2. The molecule has 2 aromatic carbocycles. The molecule has 0 spiro atoms. The van der Waals surface area contributed by atoms with E-state index in [1.54, 1.807) is 10.8 Å². The van der Waals surface area contributed by atoms with Gasteiger partial charge in [-0.25, -0.2) is 9.36 Å². The van der Waals surface area contributed by atoms with Crippen molar-refractivity contribution < 1.29 is 18.8 Å². The molecule has 2 heterocycles. The third kappa shape index (κ3) is 2.62. The number of rotatable bonds is 2. The van der Waals surface area contributed by atoms with Crippen LogP contribution in [0, 0.1) is 0 Å². The maximum absolute atomic E-state index is 13.1. The van der Waals surface area contributed by atoms with Gasteiger partial charge in [-0.2, -0.15) is 4.79 Å². The highest BCUT2D eigenvalue weighted by Gasteiger charge is 2.53. The van der Waals surface area contributed by atoms with Crippen LogP contribution < -0.4 is 0 Å². The molecule has 1 aromatic heterocycles. The molecule has 5 nitrogen and oxygen atoms in total. The van der Waals surface area contributed by atoms with E-state index in [4.69, 9.17) is 4.74 Å². The highest BCUT2D eigenvalue weighted by Crippen LogP contribution is 2.27. The number of imide groups is 1. The first-order valence-electron chi connectivity index (χ1n) is 8.40. The predicted octanol–water partition coefficient (Wildman–Crippen LogP) is 4.17. The first kappa shape index (κ1) is 15.6. The van der Waals surface area contributed by atoms with Gasteiger partial charge >= 0.3 is 12.1 Å². The van der Waals surface area contributed by atoms with Crippen LogP contribution in [0.1, 0.15) is 12.0 Å². The first-order chi connectivity index (χ1) is 12.2. The van der Waals surface area contributed by atoms with E-state index in [2.05, 4.69) is 0 Å². The van der Waals surface area contributed by atoms with Gasteiger partial charge in [0.1, 0.15) is 19.7 Å². The maximum atomic E-state index is 13.1. The third-order valence-electron chi connectivity index (χ3n) is 4.81. The number of benzene rings is 2. The van der Waals surface area contributed by atoms with Gasteiger partial charge in [0.25, 0.3) is 0 Å². The predicted molar refractivity (Wildman–Crippen MR) is 94.0 cm³/mol. The van der Waals surface area contributed by atoms with Crippen LogP contribution in [0.3, 0.4) is 0 Å². The number of hydrogen-bond donors (Lipinski definition) is 0. The lowest BCUT2D eigenvalue weighted by molar-refractivity contribution is -0.819. The van der Waals surface area contributed by atoms with Crippen molar-refractivity contribution in [1.29, 1.82) is 0 Å². The van der Waals surface area contributed by atoms with Crippen molar-refractivity contribution in [2.75, 3.05) is 13.1 Å². The Hall–Kier alpha value is -2.92. The molecule has 126 valence electrons. The second-order valence-electron chi connectivity index (χ2n) is 6.34. The van der Waals surface area contributed by atoms with Crippen LogP contribution in [0.5, 0.6) is 0 Å². The van der Waals surface area contributed by atoms with Crippen molar-refractivity contribution in [1.82, 2.24) is 4.57 Å². The molecule has 1 saturated heterocycles. The van der Waals surface area contributed by atoms with Crippen LogP contribution in [0.2, 0.25) is 0 Å². The van der Waals surface area contributed by atoms with Crippen LogP contribution >= 0.6 is 0 Å². The summed E-state index contributed by atoms with van der Waals surface area (Å²) in [6.07, 6.45) is 2.10. The number of amides is 2. The van der Waals surface area contributed by atoms with E-state index in [1.807, 2.05) is 60.7 Å². The molecule has 0 atom stereocenters. The lowest BCUT2D eigenvalue weighted by atomic mass is 10.1. The van der Waals surface area contributed by atoms with Crippen molar-refractivity contribution in [2.45, 2.75) is 13.0 Å². The quantitative estimate of drug-likeness (QED) is 0.661. The van der Waals surface area contributed by atoms with Gasteiger partial charge in [-0.05, 0) is 17.7 Å². The number of carbonyl (C=O) groups is 2. The monoisotopic (exact) mass is 335 g/mol. The summed E-state index contributed by atoms with van der Waals surface area (Å²) >= 11 is 0. The molecule has 0 radical (unpaired) electrons. The molecule has 4 rings (SSSR count). The Balaban J connectivity index is 1.57. The summed E-state index contributed by atoms with van der Waals surface area (Å²) in [7, 11) is 0. The van der Waals surface area contributed by atoms with E-state index in [0.717, 1.165) is 22.9 Å². The minimum Gasteiger partial charge on any atom is -0.415 e. The van der Waals surface area contributed by atoms with E-state index in [9.17, 15) is 9.59 Å². The number of quaternary nitrogens is 1. The fourth-order valence-electron chi connectivity index (χ4n) is 3.23. The molecule has 25 heavy (non-hydrogen) atoms. The van der Waals surface area contributed by atoms with Crippen LogP contribution in [-0.2, 0) is 11.3 Å². The fourth-order valence-corrected chi connectivity index (χ4v) is 3.23. The van der Waals surface area contributed by atoms with Gasteiger partial charge in [0, 0.05) is 18.0 Å². The molecule has 0 N–H and O–H groups in total. The number of para-hydroxylation sites is 1. The number of fused-ring (bicyclic) bond motifs is 1. The van der Waals surface area contributed by atoms with E-state index in [1.165, 1.54) is 0 Å². The van der Waals surface area contributed by atoms with E-state index >= 15 is 0 Å². The van der Waals surface area contributed by atoms with Gasteiger partial charge in [-0.3, -0.25) is 0 Å². The Kier molecular flexibility index (Phi) is 3.86. The molecule has 2 amide bonds. The number of likely N-dealkylation sites (tertiary alicyclic amines) is 1. The lowest BCUT2D eigenvalue weighted by Gasteiger charge is -2.38. The van der Waals surface area contributed by atoms with Gasteiger partial charge in [-0.1, -0.05) is 48.5 Å². The Bertz CT molecular complexity index is 926. The molecule has 0 bridgehead atoms. The Morgan fingerprint density at radius 2 is 1.68 bits per heavy atom. The van der Waals surface area contributed by atoms with Crippen LogP contribution in [0.4, 0.5) is 9.59 Å². The van der Waals surface area contributed by atoms with Crippen molar-refractivity contribution in [3.63, 3.8) is 0 Å².